The Morgan fingerprint density at radius 2 is 2.04 bits per heavy atom. The van der Waals surface area contributed by atoms with Crippen LogP contribution in [-0.2, 0) is 22.4 Å². The molecule has 3 N–H and O–H groups in total. The summed E-state index contributed by atoms with van der Waals surface area (Å²) in [4.78, 5) is 36.6. The van der Waals surface area contributed by atoms with Crippen molar-refractivity contribution in [1.82, 2.24) is 5.32 Å². The Morgan fingerprint density at radius 1 is 1.33 bits per heavy atom. The first-order valence-electron chi connectivity index (χ1n) is 10.6. The number of fused-ring (bicyclic) bond motifs is 1. The standard InChI is InChI=1S/C20H19NO6/c1-11-9-13-7-8-14(17(22)16(13)20(26)27-11)18(23)21-15(19(24)25)10-12-5-3-2-4-6-12/h2-8,11,15,22H,9-10H2,1H3,(H,21,23)(H,24,25)/t11-,15+/m1/s1/i2D,3D,4D,5D,6D. The van der Waals surface area contributed by atoms with Gasteiger partial charge in [0.05, 0.1) is 12.4 Å². The van der Waals surface area contributed by atoms with Crippen molar-refractivity contribution >= 4 is 17.8 Å². The van der Waals surface area contributed by atoms with Crippen molar-refractivity contribution in [2.45, 2.75) is 31.9 Å². The van der Waals surface area contributed by atoms with E-state index in [1.54, 1.807) is 6.92 Å². The van der Waals surface area contributed by atoms with Crippen LogP contribution in [0.2, 0.25) is 0 Å². The number of phenols is 1. The van der Waals surface area contributed by atoms with Gasteiger partial charge in [-0.15, -0.1) is 0 Å². The maximum atomic E-state index is 12.7. The fourth-order valence-corrected chi connectivity index (χ4v) is 2.83. The molecule has 3 rings (SSSR count). The molecule has 0 unspecified atom stereocenters. The lowest BCUT2D eigenvalue weighted by molar-refractivity contribution is -0.139. The van der Waals surface area contributed by atoms with Crippen molar-refractivity contribution in [1.29, 1.82) is 0 Å². The molecule has 0 saturated carbocycles. The Hall–Kier alpha value is -3.35. The minimum Gasteiger partial charge on any atom is -0.506 e. The van der Waals surface area contributed by atoms with E-state index in [1.165, 1.54) is 12.1 Å². The average molecular weight is 374 g/mol. The van der Waals surface area contributed by atoms with E-state index in [1.807, 2.05) is 0 Å². The van der Waals surface area contributed by atoms with Crippen molar-refractivity contribution < 1.29 is 36.2 Å². The van der Waals surface area contributed by atoms with Crippen LogP contribution in [0.15, 0.2) is 42.3 Å². The number of rotatable bonds is 5. The number of carboxylic acids is 1. The number of ether oxygens (including phenoxy) is 1. The van der Waals surface area contributed by atoms with E-state index in [2.05, 4.69) is 5.32 Å². The van der Waals surface area contributed by atoms with Crippen LogP contribution in [0.1, 0.15) is 45.6 Å². The van der Waals surface area contributed by atoms with Crippen LogP contribution in [0, 0.1) is 0 Å². The average Bonchev–Trinajstić information content (AvgIpc) is 2.72. The van der Waals surface area contributed by atoms with Gasteiger partial charge < -0.3 is 20.3 Å². The first kappa shape index (κ1) is 12.9. The molecule has 2 aromatic rings. The quantitative estimate of drug-likeness (QED) is 0.689. The van der Waals surface area contributed by atoms with E-state index in [9.17, 15) is 24.6 Å². The normalized spacial score (nSPS) is 19.4. The van der Waals surface area contributed by atoms with Gasteiger partial charge in [0.1, 0.15) is 23.5 Å². The minimum atomic E-state index is -1.67. The Balaban J connectivity index is 1.92. The number of nitrogens with one attached hydrogen (secondary N) is 1. The number of phenolic OH excluding ortho intramolecular Hbond substituents is 1. The van der Waals surface area contributed by atoms with Gasteiger partial charge in [-0.3, -0.25) is 4.79 Å². The number of aliphatic carboxylic acids is 1. The summed E-state index contributed by atoms with van der Waals surface area (Å²) in [6.45, 7) is 1.68. The van der Waals surface area contributed by atoms with Gasteiger partial charge in [-0.2, -0.15) is 0 Å². The molecule has 0 spiro atoms. The number of carboxylic acid groups (broad SMARTS) is 1. The van der Waals surface area contributed by atoms with Crippen molar-refractivity contribution in [3.63, 3.8) is 0 Å². The number of benzene rings is 2. The summed E-state index contributed by atoms with van der Waals surface area (Å²) in [6.07, 6.45) is -0.659. The number of cyclic esters (lactones) is 1. The van der Waals surface area contributed by atoms with E-state index in [0.29, 0.717) is 12.0 Å². The zero-order valence-corrected chi connectivity index (χ0v) is 14.3. The van der Waals surface area contributed by atoms with Crippen LogP contribution in [0.3, 0.4) is 0 Å². The molecule has 7 heteroatoms. The number of carbonyl (C=O) groups is 3. The second kappa shape index (κ2) is 7.49. The van der Waals surface area contributed by atoms with Crippen LogP contribution >= 0.6 is 0 Å². The molecule has 140 valence electrons. The van der Waals surface area contributed by atoms with Crippen molar-refractivity contribution in [3.05, 3.63) is 64.6 Å². The molecule has 0 aromatic heterocycles. The molecule has 1 amide bonds. The molecule has 1 aliphatic heterocycles. The molecule has 2 aromatic carbocycles. The van der Waals surface area contributed by atoms with Crippen molar-refractivity contribution in [2.75, 3.05) is 0 Å². The number of amides is 1. The fourth-order valence-electron chi connectivity index (χ4n) is 2.83. The first-order chi connectivity index (χ1) is 14.9. The summed E-state index contributed by atoms with van der Waals surface area (Å²) < 4.78 is 43.9. The van der Waals surface area contributed by atoms with Crippen LogP contribution in [0.5, 0.6) is 5.75 Å². The summed E-state index contributed by atoms with van der Waals surface area (Å²) in [5.74, 6) is -3.99. The van der Waals surface area contributed by atoms with Gasteiger partial charge in [0, 0.05) is 12.8 Å². The zero-order chi connectivity index (χ0) is 23.9. The van der Waals surface area contributed by atoms with Gasteiger partial charge in [-0.05, 0) is 24.1 Å². The summed E-state index contributed by atoms with van der Waals surface area (Å²) in [5, 5.41) is 22.2. The molecular formula is C20H19NO6. The predicted molar refractivity (Wildman–Crippen MR) is 95.7 cm³/mol. The highest BCUT2D eigenvalue weighted by Gasteiger charge is 2.30. The van der Waals surface area contributed by atoms with Gasteiger partial charge >= 0.3 is 11.9 Å². The maximum absolute atomic E-state index is 12.7. The lowest BCUT2D eigenvalue weighted by Crippen LogP contribution is -2.42. The van der Waals surface area contributed by atoms with Crippen LogP contribution in [0.4, 0.5) is 0 Å². The number of hydrogen-bond acceptors (Lipinski definition) is 5. The van der Waals surface area contributed by atoms with E-state index in [0.717, 1.165) is 0 Å². The smallest absolute Gasteiger partial charge is 0.342 e. The summed E-state index contributed by atoms with van der Waals surface area (Å²) >= 11 is 0. The third kappa shape index (κ3) is 3.92. The highest BCUT2D eigenvalue weighted by atomic mass is 16.5. The van der Waals surface area contributed by atoms with Gasteiger partial charge in [0.25, 0.3) is 5.91 Å². The molecular weight excluding hydrogens is 350 g/mol. The predicted octanol–water partition coefficient (Wildman–Crippen LogP) is 1.92. The minimum absolute atomic E-state index is 0.173. The zero-order valence-electron chi connectivity index (χ0n) is 19.3. The van der Waals surface area contributed by atoms with Crippen LogP contribution < -0.4 is 5.32 Å². The monoisotopic (exact) mass is 374 g/mol. The third-order valence-corrected chi connectivity index (χ3v) is 4.09. The van der Waals surface area contributed by atoms with Gasteiger partial charge in [-0.1, -0.05) is 36.3 Å². The van der Waals surface area contributed by atoms with Crippen molar-refractivity contribution in [3.8, 4) is 5.75 Å². The number of hydrogen-bond donors (Lipinski definition) is 3. The van der Waals surface area contributed by atoms with Gasteiger partial charge in [0.15, 0.2) is 0 Å². The SMILES string of the molecule is [2H]c1c([2H])c([2H])c(C[C@H](NC(=O)c2ccc3c(c2O)C(=O)O[C@H](C)C3)C(=O)O)c([2H])c1[2H]. The molecule has 0 saturated heterocycles. The van der Waals surface area contributed by atoms with Gasteiger partial charge in [-0.25, -0.2) is 9.59 Å². The lowest BCUT2D eigenvalue weighted by Gasteiger charge is -2.23. The summed E-state index contributed by atoms with van der Waals surface area (Å²) in [7, 11) is 0. The van der Waals surface area contributed by atoms with Crippen molar-refractivity contribution in [2.24, 2.45) is 0 Å². The fraction of sp³-hybridized carbons (Fsp3) is 0.250. The highest BCUT2D eigenvalue weighted by molar-refractivity contribution is 6.04. The van der Waals surface area contributed by atoms with Crippen LogP contribution in [0.25, 0.3) is 0 Å². The van der Waals surface area contributed by atoms with E-state index in [-0.39, 0.29) is 16.7 Å². The molecule has 0 radical (unpaired) electrons. The molecule has 0 bridgehead atoms. The Labute approximate surface area is 162 Å². The van der Waals surface area contributed by atoms with E-state index in [4.69, 9.17) is 11.6 Å². The number of carbonyl (C=O) groups excluding carboxylic acids is 2. The lowest BCUT2D eigenvalue weighted by atomic mass is 9.95. The summed E-state index contributed by atoms with van der Waals surface area (Å²) in [6, 6.07) is -2.00. The molecule has 27 heavy (non-hydrogen) atoms. The Kier molecular flexibility index (Phi) is 3.58. The second-order valence-electron chi connectivity index (χ2n) is 6.09. The molecule has 7 nitrogen and oxygen atoms in total. The Bertz CT molecular complexity index is 1120. The van der Waals surface area contributed by atoms with E-state index < -0.39 is 72.4 Å². The van der Waals surface area contributed by atoms with Crippen LogP contribution in [-0.4, -0.2) is 40.2 Å². The molecule has 2 atom stereocenters. The number of aromatic hydroxyl groups is 1. The van der Waals surface area contributed by atoms with Gasteiger partial charge in [0.2, 0.25) is 0 Å². The second-order valence-corrected chi connectivity index (χ2v) is 6.09. The maximum Gasteiger partial charge on any atom is 0.342 e. The molecule has 0 fully saturated rings. The van der Waals surface area contributed by atoms with E-state index >= 15 is 0 Å². The summed E-state index contributed by atoms with van der Waals surface area (Å²) in [5.41, 5.74) is -0.330. The number of esters is 1. The topological polar surface area (TPSA) is 113 Å². The third-order valence-electron chi connectivity index (χ3n) is 4.09. The molecule has 0 aliphatic carbocycles. The highest BCUT2D eigenvalue weighted by Crippen LogP contribution is 2.31. The molecule has 1 heterocycles. The largest absolute Gasteiger partial charge is 0.506 e. The molecule has 1 aliphatic rings. The first-order valence-corrected chi connectivity index (χ1v) is 8.09. The Morgan fingerprint density at radius 3 is 2.70 bits per heavy atom.